The van der Waals surface area contributed by atoms with Crippen molar-refractivity contribution in [3.63, 3.8) is 0 Å². The molecule has 2 aliphatic rings. The highest BCUT2D eigenvalue weighted by Crippen LogP contribution is 2.28. The molecule has 1 aliphatic carbocycles. The van der Waals surface area contributed by atoms with Crippen molar-refractivity contribution in [2.45, 2.75) is 51.5 Å². The maximum Gasteiger partial charge on any atom is 0.214 e. The van der Waals surface area contributed by atoms with E-state index >= 15 is 0 Å². The van der Waals surface area contributed by atoms with E-state index in [1.807, 2.05) is 0 Å². The largest absolute Gasteiger partial charge is 0.315 e. The number of nitrogens with zero attached hydrogens (tertiary/aromatic N) is 1. The van der Waals surface area contributed by atoms with E-state index in [0.717, 1.165) is 38.8 Å². The zero-order chi connectivity index (χ0) is 13.0. The van der Waals surface area contributed by atoms with E-state index in [2.05, 4.69) is 12.2 Å². The Hall–Kier alpha value is 0.160. The Labute approximate surface area is 123 Å². The van der Waals surface area contributed by atoms with Crippen LogP contribution in [0.2, 0.25) is 0 Å². The Bertz CT molecular complexity index is 350. The van der Waals surface area contributed by atoms with Gasteiger partial charge in [0, 0.05) is 19.1 Å². The van der Waals surface area contributed by atoms with E-state index in [1.165, 1.54) is 12.8 Å². The molecule has 0 bridgehead atoms. The Balaban J connectivity index is 0.00000180. The molecular formula is C13H27ClN2O2S. The second-order valence-corrected chi connectivity index (χ2v) is 7.65. The van der Waals surface area contributed by atoms with Crippen LogP contribution in [0.15, 0.2) is 0 Å². The summed E-state index contributed by atoms with van der Waals surface area (Å²) in [4.78, 5) is 0. The number of hydrogen-bond donors (Lipinski definition) is 1. The number of hydrogen-bond acceptors (Lipinski definition) is 3. The third kappa shape index (κ3) is 4.59. The van der Waals surface area contributed by atoms with E-state index in [1.54, 1.807) is 4.31 Å². The van der Waals surface area contributed by atoms with Crippen molar-refractivity contribution in [1.82, 2.24) is 9.62 Å². The molecule has 0 radical (unpaired) electrons. The molecule has 1 saturated carbocycles. The smallest absolute Gasteiger partial charge is 0.214 e. The Morgan fingerprint density at radius 2 is 1.89 bits per heavy atom. The molecule has 114 valence electrons. The van der Waals surface area contributed by atoms with E-state index in [-0.39, 0.29) is 18.4 Å². The number of sulfonamides is 1. The molecule has 1 unspecified atom stereocenters. The van der Waals surface area contributed by atoms with Gasteiger partial charge in [-0.15, -0.1) is 12.4 Å². The summed E-state index contributed by atoms with van der Waals surface area (Å²) in [5, 5.41) is 3.27. The molecule has 1 saturated heterocycles. The first-order chi connectivity index (χ1) is 8.63. The highest BCUT2D eigenvalue weighted by atomic mass is 35.5. The summed E-state index contributed by atoms with van der Waals surface area (Å²) < 4.78 is 26.9. The van der Waals surface area contributed by atoms with Crippen LogP contribution in [0, 0.1) is 5.92 Å². The van der Waals surface area contributed by atoms with Gasteiger partial charge in [0.25, 0.3) is 0 Å². The standard InChI is InChI=1S/C13H26N2O2S.ClH/c1-2-9-15(13-7-8-14-10-13)18(16,17)11-12-5-3-4-6-12;/h12-14H,2-11H2,1H3;1H. The number of halogens is 1. The first-order valence-electron chi connectivity index (χ1n) is 7.33. The Morgan fingerprint density at radius 3 is 2.42 bits per heavy atom. The van der Waals surface area contributed by atoms with Crippen LogP contribution in [0.5, 0.6) is 0 Å². The third-order valence-electron chi connectivity index (χ3n) is 4.16. The van der Waals surface area contributed by atoms with Gasteiger partial charge in [-0.25, -0.2) is 8.42 Å². The summed E-state index contributed by atoms with van der Waals surface area (Å²) in [7, 11) is -3.06. The van der Waals surface area contributed by atoms with Crippen molar-refractivity contribution in [2.24, 2.45) is 5.92 Å². The van der Waals surface area contributed by atoms with Gasteiger partial charge in [-0.05, 0) is 38.1 Å². The summed E-state index contributed by atoms with van der Waals surface area (Å²) in [6.07, 6.45) is 6.48. The molecule has 0 aromatic heterocycles. The first kappa shape index (κ1) is 17.2. The molecule has 0 spiro atoms. The number of rotatable bonds is 6. The SMILES string of the molecule is CCCN(C1CCNC1)S(=O)(=O)CC1CCCC1.Cl. The second kappa shape index (κ2) is 7.81. The predicted molar refractivity (Wildman–Crippen MR) is 81.3 cm³/mol. The van der Waals surface area contributed by atoms with Gasteiger partial charge in [-0.2, -0.15) is 4.31 Å². The lowest BCUT2D eigenvalue weighted by atomic mass is 10.1. The second-order valence-electron chi connectivity index (χ2n) is 5.69. The van der Waals surface area contributed by atoms with E-state index < -0.39 is 10.0 Å². The summed E-state index contributed by atoms with van der Waals surface area (Å²) >= 11 is 0. The fourth-order valence-electron chi connectivity index (χ4n) is 3.23. The average Bonchev–Trinajstić information content (AvgIpc) is 2.97. The molecule has 4 nitrogen and oxygen atoms in total. The predicted octanol–water partition coefficient (Wildman–Crippen LogP) is 2.00. The van der Waals surface area contributed by atoms with Crippen molar-refractivity contribution in [1.29, 1.82) is 0 Å². The van der Waals surface area contributed by atoms with Crippen LogP contribution in [0.3, 0.4) is 0 Å². The monoisotopic (exact) mass is 310 g/mol. The van der Waals surface area contributed by atoms with Gasteiger partial charge in [0.1, 0.15) is 0 Å². The minimum Gasteiger partial charge on any atom is -0.315 e. The Kier molecular flexibility index (Phi) is 7.08. The van der Waals surface area contributed by atoms with E-state index in [4.69, 9.17) is 0 Å². The normalized spacial score (nSPS) is 24.8. The van der Waals surface area contributed by atoms with Crippen LogP contribution < -0.4 is 5.32 Å². The van der Waals surface area contributed by atoms with Crippen LogP contribution in [0.25, 0.3) is 0 Å². The fraction of sp³-hybridized carbons (Fsp3) is 1.00. The quantitative estimate of drug-likeness (QED) is 0.816. The van der Waals surface area contributed by atoms with Crippen LogP contribution >= 0.6 is 12.4 Å². The van der Waals surface area contributed by atoms with Crippen molar-refractivity contribution in [3.8, 4) is 0 Å². The molecule has 1 N–H and O–H groups in total. The van der Waals surface area contributed by atoms with Gasteiger partial charge in [-0.3, -0.25) is 0 Å². The van der Waals surface area contributed by atoms with E-state index in [0.29, 0.717) is 18.2 Å². The lowest BCUT2D eigenvalue weighted by Crippen LogP contribution is -2.44. The average molecular weight is 311 g/mol. The molecule has 1 heterocycles. The molecule has 2 rings (SSSR count). The lowest BCUT2D eigenvalue weighted by molar-refractivity contribution is 0.331. The van der Waals surface area contributed by atoms with Crippen LogP contribution in [0.1, 0.15) is 45.4 Å². The molecule has 0 aromatic rings. The van der Waals surface area contributed by atoms with Crippen molar-refractivity contribution in [2.75, 3.05) is 25.4 Å². The first-order valence-corrected chi connectivity index (χ1v) is 8.94. The summed E-state index contributed by atoms with van der Waals surface area (Å²) in [6.45, 7) is 4.51. The molecule has 1 atom stereocenters. The summed E-state index contributed by atoms with van der Waals surface area (Å²) in [5.74, 6) is 0.785. The highest BCUT2D eigenvalue weighted by Gasteiger charge is 2.33. The Morgan fingerprint density at radius 1 is 1.21 bits per heavy atom. The van der Waals surface area contributed by atoms with Crippen LogP contribution in [0.4, 0.5) is 0 Å². The zero-order valence-corrected chi connectivity index (χ0v) is 13.4. The topological polar surface area (TPSA) is 49.4 Å². The molecule has 19 heavy (non-hydrogen) atoms. The molecule has 0 aromatic carbocycles. The van der Waals surface area contributed by atoms with Crippen molar-refractivity contribution in [3.05, 3.63) is 0 Å². The number of nitrogens with one attached hydrogen (secondary N) is 1. The minimum atomic E-state index is -3.06. The van der Waals surface area contributed by atoms with Gasteiger partial charge in [-0.1, -0.05) is 19.8 Å². The van der Waals surface area contributed by atoms with Gasteiger partial charge < -0.3 is 5.32 Å². The fourth-order valence-corrected chi connectivity index (χ4v) is 5.44. The maximum absolute atomic E-state index is 12.6. The molecule has 1 aliphatic heterocycles. The van der Waals surface area contributed by atoms with Gasteiger partial charge in [0.05, 0.1) is 5.75 Å². The van der Waals surface area contributed by atoms with Crippen molar-refractivity contribution < 1.29 is 8.42 Å². The molecule has 0 amide bonds. The van der Waals surface area contributed by atoms with E-state index in [9.17, 15) is 8.42 Å². The lowest BCUT2D eigenvalue weighted by Gasteiger charge is -2.28. The van der Waals surface area contributed by atoms with Gasteiger partial charge in [0.2, 0.25) is 10.0 Å². The van der Waals surface area contributed by atoms with Crippen molar-refractivity contribution >= 4 is 22.4 Å². The summed E-state index contributed by atoms with van der Waals surface area (Å²) in [6, 6.07) is 0.191. The van der Waals surface area contributed by atoms with Crippen LogP contribution in [-0.2, 0) is 10.0 Å². The maximum atomic E-state index is 12.6. The zero-order valence-electron chi connectivity index (χ0n) is 11.8. The molecule has 6 heteroatoms. The summed E-state index contributed by atoms with van der Waals surface area (Å²) in [5.41, 5.74) is 0. The van der Waals surface area contributed by atoms with Gasteiger partial charge >= 0.3 is 0 Å². The van der Waals surface area contributed by atoms with Gasteiger partial charge in [0.15, 0.2) is 0 Å². The third-order valence-corrected chi connectivity index (χ3v) is 6.25. The molecule has 2 fully saturated rings. The molecular weight excluding hydrogens is 284 g/mol. The van der Waals surface area contributed by atoms with Crippen LogP contribution in [-0.4, -0.2) is 44.2 Å². The minimum absolute atomic E-state index is 0. The highest BCUT2D eigenvalue weighted by molar-refractivity contribution is 7.89.